The lowest BCUT2D eigenvalue weighted by molar-refractivity contribution is 0.0810. The summed E-state index contributed by atoms with van der Waals surface area (Å²) in [7, 11) is 3.14. The molecule has 2 aliphatic rings. The van der Waals surface area contributed by atoms with E-state index in [1.165, 1.54) is 15.5 Å². The molecule has 1 amide bonds. The maximum absolute atomic E-state index is 13.8. The van der Waals surface area contributed by atoms with Gasteiger partial charge in [-0.05, 0) is 68.4 Å². The van der Waals surface area contributed by atoms with Crippen molar-refractivity contribution in [2.75, 3.05) is 44.4 Å². The van der Waals surface area contributed by atoms with Gasteiger partial charge in [-0.15, -0.1) is 0 Å². The fourth-order valence-corrected chi connectivity index (χ4v) is 5.26. The highest BCUT2D eigenvalue weighted by atomic mass is 16.5. The summed E-state index contributed by atoms with van der Waals surface area (Å²) in [5, 5.41) is 10.6. The van der Waals surface area contributed by atoms with Gasteiger partial charge >= 0.3 is 0 Å². The van der Waals surface area contributed by atoms with E-state index >= 15 is 0 Å². The van der Waals surface area contributed by atoms with Crippen LogP contribution in [0.5, 0.6) is 5.75 Å². The van der Waals surface area contributed by atoms with Gasteiger partial charge in [0.05, 0.1) is 5.56 Å². The monoisotopic (exact) mass is 553 g/mol. The van der Waals surface area contributed by atoms with Gasteiger partial charge in [0.1, 0.15) is 29.6 Å². The fourth-order valence-electron chi connectivity index (χ4n) is 5.26. The summed E-state index contributed by atoms with van der Waals surface area (Å²) < 4.78 is 7.13. The van der Waals surface area contributed by atoms with Crippen LogP contribution in [0.2, 0.25) is 0 Å². The van der Waals surface area contributed by atoms with Crippen molar-refractivity contribution in [2.24, 2.45) is 0 Å². The van der Waals surface area contributed by atoms with Crippen LogP contribution in [0.15, 0.2) is 65.6 Å². The normalized spacial score (nSPS) is 17.0. The van der Waals surface area contributed by atoms with E-state index in [1.807, 2.05) is 24.3 Å². The van der Waals surface area contributed by atoms with Gasteiger partial charge in [-0.25, -0.2) is 4.98 Å². The number of amides is 1. The summed E-state index contributed by atoms with van der Waals surface area (Å²) in [5.74, 6) is -0.0482. The molecule has 1 unspecified atom stereocenters. The van der Waals surface area contributed by atoms with Crippen LogP contribution in [0.4, 0.5) is 17.3 Å². The summed E-state index contributed by atoms with van der Waals surface area (Å²) in [6.45, 7) is 1.96. The highest BCUT2D eigenvalue weighted by Gasteiger charge is 2.33. The summed E-state index contributed by atoms with van der Waals surface area (Å²) in [5.41, 5.74) is 1.71. The molecule has 6 rings (SSSR count). The molecule has 3 N–H and O–H groups in total. The first-order valence-corrected chi connectivity index (χ1v) is 13.6. The topological polar surface area (TPSA) is 130 Å². The first-order chi connectivity index (χ1) is 19.9. The van der Waals surface area contributed by atoms with Gasteiger partial charge < -0.3 is 25.6 Å². The van der Waals surface area contributed by atoms with E-state index in [9.17, 15) is 14.4 Å². The third-order valence-corrected chi connectivity index (χ3v) is 7.42. The molecule has 0 spiro atoms. The van der Waals surface area contributed by atoms with E-state index in [0.29, 0.717) is 22.7 Å². The number of ether oxygens (including phenoxy) is 1. The van der Waals surface area contributed by atoms with Gasteiger partial charge in [-0.1, -0.05) is 12.1 Å². The lowest BCUT2D eigenvalue weighted by Gasteiger charge is -2.27. The lowest BCUT2D eigenvalue weighted by Crippen LogP contribution is -2.40. The zero-order valence-electron chi connectivity index (χ0n) is 22.9. The third-order valence-electron chi connectivity index (χ3n) is 7.42. The number of hydrogen-bond acceptors (Lipinski definition) is 9. The molecule has 41 heavy (non-hydrogen) atoms. The second kappa shape index (κ2) is 11.0. The van der Waals surface area contributed by atoms with Crippen molar-refractivity contribution >= 4 is 40.0 Å². The van der Waals surface area contributed by atoms with E-state index in [-0.39, 0.29) is 29.5 Å². The number of carbonyl (C=O) groups is 2. The maximum atomic E-state index is 13.8. The van der Waals surface area contributed by atoms with Crippen molar-refractivity contribution < 1.29 is 14.3 Å². The predicted molar refractivity (Wildman–Crippen MR) is 156 cm³/mol. The number of anilines is 3. The Bertz CT molecular complexity index is 1680. The van der Waals surface area contributed by atoms with E-state index in [0.717, 1.165) is 37.3 Å². The first-order valence-electron chi connectivity index (χ1n) is 13.6. The van der Waals surface area contributed by atoms with E-state index in [2.05, 4.69) is 25.9 Å². The number of rotatable bonds is 6. The largest absolute Gasteiger partial charge is 0.490 e. The third kappa shape index (κ3) is 5.23. The maximum Gasteiger partial charge on any atom is 0.265 e. The number of nitrogens with zero attached hydrogens (tertiary/aromatic N) is 4. The minimum absolute atomic E-state index is 0.0667. The number of fused-ring (bicyclic) bond motifs is 2. The van der Waals surface area contributed by atoms with Crippen molar-refractivity contribution in [3.8, 4) is 5.75 Å². The number of carbonyl (C=O) groups excluding carboxylic acids is 2. The van der Waals surface area contributed by atoms with Crippen molar-refractivity contribution in [2.45, 2.75) is 24.9 Å². The highest BCUT2D eigenvalue weighted by molar-refractivity contribution is 6.03. The quantitative estimate of drug-likeness (QED) is 0.329. The van der Waals surface area contributed by atoms with Crippen molar-refractivity contribution in [3.63, 3.8) is 0 Å². The van der Waals surface area contributed by atoms with Gasteiger partial charge in [0.2, 0.25) is 5.95 Å². The van der Waals surface area contributed by atoms with Crippen molar-refractivity contribution in [1.82, 2.24) is 24.8 Å². The van der Waals surface area contributed by atoms with Gasteiger partial charge in [0, 0.05) is 43.1 Å². The number of nitrogens with one attached hydrogen (secondary N) is 3. The number of para-hydroxylation sites is 1. The Hall–Kier alpha value is -4.77. The number of ketones is 1. The number of pyridine rings is 1. The zero-order valence-corrected chi connectivity index (χ0v) is 22.9. The van der Waals surface area contributed by atoms with Crippen LogP contribution in [0.25, 0.3) is 11.0 Å². The Morgan fingerprint density at radius 3 is 2.54 bits per heavy atom. The molecule has 1 saturated heterocycles. The summed E-state index contributed by atoms with van der Waals surface area (Å²) in [6, 6.07) is 15.7. The molecular formula is C30H31N7O4. The Labute approximate surface area is 236 Å². The standard InChI is InChI=1S/C30H31N7O4/c1-36(2)28(39)23-15-18-16-32-30(34-20-9-7-19(8-10-20)33-21-11-13-31-14-12-21)35-27(18)37(29(23)40)24-17-41-25-6-4-3-5-22(25)26(24)38/h3-10,15-16,21,24,31,33H,11-14,17H2,1-2H3,(H,32,34,35). The minimum Gasteiger partial charge on any atom is -0.490 e. The number of piperidine rings is 1. The average Bonchev–Trinajstić information content (AvgIpc) is 2.99. The molecular weight excluding hydrogens is 522 g/mol. The molecule has 1 atom stereocenters. The molecule has 0 saturated carbocycles. The van der Waals surface area contributed by atoms with Gasteiger partial charge in [0.15, 0.2) is 5.78 Å². The molecule has 2 aromatic heterocycles. The Morgan fingerprint density at radius 1 is 1.05 bits per heavy atom. The zero-order chi connectivity index (χ0) is 28.5. The summed E-state index contributed by atoms with van der Waals surface area (Å²) in [6.07, 6.45) is 3.70. The van der Waals surface area contributed by atoms with E-state index in [1.54, 1.807) is 44.6 Å². The number of benzene rings is 2. The van der Waals surface area contributed by atoms with Crippen LogP contribution in [0.3, 0.4) is 0 Å². The Kier molecular flexibility index (Phi) is 7.10. The molecule has 11 heteroatoms. The summed E-state index contributed by atoms with van der Waals surface area (Å²) >= 11 is 0. The van der Waals surface area contributed by atoms with Gasteiger partial charge in [-0.3, -0.25) is 19.0 Å². The van der Waals surface area contributed by atoms with Crippen LogP contribution in [-0.4, -0.2) is 71.0 Å². The van der Waals surface area contributed by atoms with Crippen molar-refractivity contribution in [1.29, 1.82) is 0 Å². The van der Waals surface area contributed by atoms with Crippen LogP contribution in [-0.2, 0) is 0 Å². The van der Waals surface area contributed by atoms with Crippen LogP contribution >= 0.6 is 0 Å². The number of aromatic nitrogens is 3. The second-order valence-electron chi connectivity index (χ2n) is 10.5. The first kappa shape index (κ1) is 26.5. The van der Waals surface area contributed by atoms with Crippen molar-refractivity contribution in [3.05, 3.63) is 82.3 Å². The van der Waals surface area contributed by atoms with E-state index < -0.39 is 17.5 Å². The lowest BCUT2D eigenvalue weighted by atomic mass is 10.00. The molecule has 0 bridgehead atoms. The molecule has 2 aromatic carbocycles. The molecule has 210 valence electrons. The smallest absolute Gasteiger partial charge is 0.265 e. The molecule has 0 aliphatic carbocycles. The summed E-state index contributed by atoms with van der Waals surface area (Å²) in [4.78, 5) is 50.7. The fraction of sp³-hybridized carbons (Fsp3) is 0.300. The predicted octanol–water partition coefficient (Wildman–Crippen LogP) is 3.22. The molecule has 0 radical (unpaired) electrons. The number of Topliss-reactive ketones (excluding diaryl/α,β-unsaturated/α-hetero) is 1. The Morgan fingerprint density at radius 2 is 1.78 bits per heavy atom. The SMILES string of the molecule is CN(C)C(=O)c1cc2cnc(Nc3ccc(NC4CCNCC4)cc3)nc2n(C2COc3ccccc3C2=O)c1=O. The average molecular weight is 554 g/mol. The minimum atomic E-state index is -1.00. The van der Waals surface area contributed by atoms with Crippen LogP contribution in [0.1, 0.15) is 39.6 Å². The Balaban J connectivity index is 1.36. The second-order valence-corrected chi connectivity index (χ2v) is 10.5. The molecule has 4 heterocycles. The van der Waals surface area contributed by atoms with Crippen LogP contribution in [0, 0.1) is 0 Å². The van der Waals surface area contributed by atoms with Gasteiger partial charge in [0.25, 0.3) is 11.5 Å². The van der Waals surface area contributed by atoms with Gasteiger partial charge in [-0.2, -0.15) is 4.98 Å². The molecule has 4 aromatic rings. The molecule has 1 fully saturated rings. The molecule has 2 aliphatic heterocycles. The number of hydrogen-bond donors (Lipinski definition) is 3. The highest BCUT2D eigenvalue weighted by Crippen LogP contribution is 2.30. The molecule has 11 nitrogen and oxygen atoms in total. The van der Waals surface area contributed by atoms with Crippen LogP contribution < -0.4 is 26.2 Å². The van der Waals surface area contributed by atoms with E-state index in [4.69, 9.17) is 4.74 Å².